The molecule has 0 saturated heterocycles. The van der Waals surface area contributed by atoms with Crippen molar-refractivity contribution in [3.63, 3.8) is 0 Å². The van der Waals surface area contributed by atoms with Crippen molar-refractivity contribution in [1.29, 1.82) is 0 Å². The second-order valence-electron chi connectivity index (χ2n) is 5.65. The summed E-state index contributed by atoms with van der Waals surface area (Å²) in [7, 11) is 0. The fourth-order valence-electron chi connectivity index (χ4n) is 2.41. The zero-order chi connectivity index (χ0) is 16.8. The number of unbranched alkanes of at least 4 members (excludes halogenated alkanes) is 3. The molecule has 128 valence electrons. The molecule has 6 nitrogen and oxygen atoms in total. The molecule has 7 heteroatoms. The molecule has 0 aromatic heterocycles. The molecule has 0 rings (SSSR count). The van der Waals surface area contributed by atoms with Gasteiger partial charge in [-0.2, -0.15) is 0 Å². The van der Waals surface area contributed by atoms with Crippen molar-refractivity contribution in [1.82, 2.24) is 0 Å². The monoisotopic (exact) mass is 322 g/mol. The smallest absolute Gasteiger partial charge is 0.550 e. The molecule has 0 aromatic carbocycles. The third kappa shape index (κ3) is 13.3. The maximum atomic E-state index is 10.8. The SMILES string of the molecule is CCCCC/C=C/C[N+](CCO)(CCC(=O)[O-])CCC(=O)O.[Li+]. The topological polar surface area (TPSA) is 97.7 Å². The van der Waals surface area contributed by atoms with Crippen molar-refractivity contribution >= 4 is 11.9 Å². The molecule has 0 fully saturated rings. The molecule has 0 spiro atoms. The van der Waals surface area contributed by atoms with Gasteiger partial charge in [0.15, 0.2) is 0 Å². The molecular weight excluding hydrogens is 293 g/mol. The summed E-state index contributed by atoms with van der Waals surface area (Å²) in [6.45, 7) is 3.50. The number of aliphatic hydroxyl groups is 1. The first-order valence-corrected chi connectivity index (χ1v) is 7.98. The van der Waals surface area contributed by atoms with Crippen LogP contribution in [0.15, 0.2) is 12.2 Å². The predicted molar refractivity (Wildman–Crippen MR) is 82.0 cm³/mol. The number of quaternary nitrogens is 1. The number of hydrogen-bond donors (Lipinski definition) is 2. The quantitative estimate of drug-likeness (QED) is 0.160. The van der Waals surface area contributed by atoms with Gasteiger partial charge in [-0.25, -0.2) is 0 Å². The van der Waals surface area contributed by atoms with Crippen molar-refractivity contribution < 1.29 is 48.3 Å². The van der Waals surface area contributed by atoms with Gasteiger partial charge in [0.2, 0.25) is 0 Å². The summed E-state index contributed by atoms with van der Waals surface area (Å²) in [6.07, 6.45) is 8.25. The molecule has 0 aliphatic heterocycles. The Morgan fingerprint density at radius 3 is 2.26 bits per heavy atom. The van der Waals surface area contributed by atoms with Gasteiger partial charge in [0, 0.05) is 12.4 Å². The third-order valence-corrected chi connectivity index (χ3v) is 3.80. The molecule has 0 aromatic rings. The van der Waals surface area contributed by atoms with Crippen molar-refractivity contribution in [2.75, 3.05) is 32.8 Å². The van der Waals surface area contributed by atoms with Gasteiger partial charge < -0.3 is 24.6 Å². The van der Waals surface area contributed by atoms with Crippen molar-refractivity contribution in [3.05, 3.63) is 12.2 Å². The van der Waals surface area contributed by atoms with E-state index in [9.17, 15) is 19.8 Å². The summed E-state index contributed by atoms with van der Waals surface area (Å²) in [4.78, 5) is 21.5. The van der Waals surface area contributed by atoms with Crippen LogP contribution in [0.3, 0.4) is 0 Å². The number of nitrogens with zero attached hydrogens (tertiary/aromatic N) is 1. The number of rotatable bonds is 14. The second kappa shape index (κ2) is 14.8. The van der Waals surface area contributed by atoms with E-state index in [4.69, 9.17) is 5.11 Å². The van der Waals surface area contributed by atoms with Crippen LogP contribution in [-0.2, 0) is 9.59 Å². The second-order valence-corrected chi connectivity index (χ2v) is 5.65. The van der Waals surface area contributed by atoms with Gasteiger partial charge in [-0.15, -0.1) is 0 Å². The van der Waals surface area contributed by atoms with E-state index in [2.05, 4.69) is 13.0 Å². The summed E-state index contributed by atoms with van der Waals surface area (Å²) in [5.41, 5.74) is 0. The van der Waals surface area contributed by atoms with Gasteiger partial charge in [0.1, 0.15) is 6.54 Å². The standard InChI is InChI=1S/C16H29NO5.Li/c1-2-3-4-5-6-7-10-17(13-14-18,11-8-15(19)20)12-9-16(21)22;/h6-7,18H,2-5,8-14H2,1H3,(H-,19,20,21,22);/q;+1/b7-6+;. The third-order valence-electron chi connectivity index (χ3n) is 3.80. The Morgan fingerprint density at radius 1 is 1.09 bits per heavy atom. The number of carboxylic acid groups (broad SMARTS) is 2. The van der Waals surface area contributed by atoms with Crippen molar-refractivity contribution in [2.24, 2.45) is 0 Å². The van der Waals surface area contributed by atoms with Gasteiger partial charge in [-0.3, -0.25) is 4.79 Å². The number of carboxylic acids is 2. The van der Waals surface area contributed by atoms with E-state index in [0.717, 1.165) is 19.3 Å². The molecule has 0 saturated carbocycles. The summed E-state index contributed by atoms with van der Waals surface area (Å²) in [6, 6.07) is 0. The number of allylic oxidation sites excluding steroid dienone is 1. The Kier molecular flexibility index (Phi) is 15.7. The molecule has 1 atom stereocenters. The number of hydrogen-bond acceptors (Lipinski definition) is 4. The maximum absolute atomic E-state index is 10.8. The van der Waals surface area contributed by atoms with Gasteiger partial charge in [0.05, 0.1) is 32.7 Å². The molecular formula is C16H29LiNO5+. The average Bonchev–Trinajstić information content (AvgIpc) is 2.46. The zero-order valence-corrected chi connectivity index (χ0v) is 14.5. The number of aliphatic hydroxyl groups excluding tert-OH is 1. The van der Waals surface area contributed by atoms with E-state index in [1.54, 1.807) is 0 Å². The molecule has 0 aliphatic rings. The fourth-order valence-corrected chi connectivity index (χ4v) is 2.41. The Labute approximate surface area is 150 Å². The van der Waals surface area contributed by atoms with E-state index < -0.39 is 11.9 Å². The maximum Gasteiger partial charge on any atom is 1.00 e. The van der Waals surface area contributed by atoms with Gasteiger partial charge in [-0.1, -0.05) is 25.8 Å². The van der Waals surface area contributed by atoms with Crippen LogP contribution in [0.4, 0.5) is 0 Å². The van der Waals surface area contributed by atoms with Crippen LogP contribution in [0.2, 0.25) is 0 Å². The molecule has 1 unspecified atom stereocenters. The Balaban J connectivity index is 0. The first-order chi connectivity index (χ1) is 10.5. The van der Waals surface area contributed by atoms with Crippen LogP contribution in [0, 0.1) is 0 Å². The first kappa shape index (κ1) is 24.4. The first-order valence-electron chi connectivity index (χ1n) is 7.98. The Morgan fingerprint density at radius 2 is 1.74 bits per heavy atom. The average molecular weight is 322 g/mol. The number of carbonyl (C=O) groups excluding carboxylic acids is 1. The van der Waals surface area contributed by atoms with E-state index >= 15 is 0 Å². The van der Waals surface area contributed by atoms with E-state index in [1.807, 2.05) is 6.08 Å². The van der Waals surface area contributed by atoms with Crippen LogP contribution >= 0.6 is 0 Å². The molecule has 0 bridgehead atoms. The molecule has 0 aliphatic carbocycles. The zero-order valence-electron chi connectivity index (χ0n) is 14.5. The van der Waals surface area contributed by atoms with Crippen LogP contribution < -0.4 is 24.0 Å². The number of aliphatic carboxylic acids is 2. The molecule has 2 N–H and O–H groups in total. The summed E-state index contributed by atoms with van der Waals surface area (Å²) in [5, 5.41) is 28.8. The minimum Gasteiger partial charge on any atom is -0.550 e. The fraction of sp³-hybridized carbons (Fsp3) is 0.750. The predicted octanol–water partition coefficient (Wildman–Crippen LogP) is -2.45. The largest absolute Gasteiger partial charge is 1.00 e. The summed E-state index contributed by atoms with van der Waals surface area (Å²) < 4.78 is 0.265. The van der Waals surface area contributed by atoms with Crippen molar-refractivity contribution in [3.8, 4) is 0 Å². The summed E-state index contributed by atoms with van der Waals surface area (Å²) in [5.74, 6) is -2.07. The van der Waals surface area contributed by atoms with E-state index in [0.29, 0.717) is 19.6 Å². The Bertz CT molecular complexity index is 342. The number of carbonyl (C=O) groups is 2. The summed E-state index contributed by atoms with van der Waals surface area (Å²) >= 11 is 0. The van der Waals surface area contributed by atoms with E-state index in [1.165, 1.54) is 6.42 Å². The van der Waals surface area contributed by atoms with Crippen LogP contribution in [-0.4, -0.2) is 59.4 Å². The normalized spacial score (nSPS) is 13.5. The van der Waals surface area contributed by atoms with Crippen molar-refractivity contribution in [2.45, 2.75) is 45.4 Å². The molecule has 23 heavy (non-hydrogen) atoms. The molecule has 0 radical (unpaired) electrons. The Hall–Kier alpha value is -0.803. The van der Waals surface area contributed by atoms with Crippen LogP contribution in [0.5, 0.6) is 0 Å². The van der Waals surface area contributed by atoms with Gasteiger partial charge in [-0.05, 0) is 18.9 Å². The van der Waals surface area contributed by atoms with Gasteiger partial charge >= 0.3 is 24.8 Å². The molecule has 0 heterocycles. The van der Waals surface area contributed by atoms with Gasteiger partial charge in [0.25, 0.3) is 0 Å². The molecule has 0 amide bonds. The van der Waals surface area contributed by atoms with Crippen LogP contribution in [0.1, 0.15) is 45.4 Å². The minimum absolute atomic E-state index is 0. The van der Waals surface area contributed by atoms with Crippen LogP contribution in [0.25, 0.3) is 0 Å². The van der Waals surface area contributed by atoms with E-state index in [-0.39, 0.29) is 49.3 Å². The minimum atomic E-state index is -1.15.